The Morgan fingerprint density at radius 3 is 2.53 bits per heavy atom. The Morgan fingerprint density at radius 1 is 1.00 bits per heavy atom. The van der Waals surface area contributed by atoms with Crippen molar-refractivity contribution in [3.8, 4) is 11.8 Å². The van der Waals surface area contributed by atoms with Crippen LogP contribution in [0.3, 0.4) is 0 Å². The molecule has 0 heterocycles. The zero-order chi connectivity index (χ0) is 25.7. The lowest BCUT2D eigenvalue weighted by atomic mass is 10.1. The van der Waals surface area contributed by atoms with E-state index in [1.165, 1.54) is 24.3 Å². The molecule has 180 valence electrons. The zero-order valence-corrected chi connectivity index (χ0v) is 19.4. The van der Waals surface area contributed by atoms with Gasteiger partial charge < -0.3 is 10.1 Å². The minimum atomic E-state index is -4.56. The van der Waals surface area contributed by atoms with Gasteiger partial charge in [0.2, 0.25) is 0 Å². The summed E-state index contributed by atoms with van der Waals surface area (Å²) in [6.07, 6.45) is -3.28. The van der Waals surface area contributed by atoms with Crippen molar-refractivity contribution in [2.75, 3.05) is 5.32 Å². The maximum atomic E-state index is 13.0. The summed E-state index contributed by atoms with van der Waals surface area (Å²) in [5.41, 5.74) is -0.0137. The molecule has 1 N–H and O–H groups in total. The second-order valence-electron chi connectivity index (χ2n) is 7.81. The van der Waals surface area contributed by atoms with E-state index < -0.39 is 17.6 Å². The molecule has 0 fully saturated rings. The highest BCUT2D eigenvalue weighted by atomic mass is 35.5. The Hall–Kier alpha value is -4.28. The van der Waals surface area contributed by atoms with E-state index in [-0.39, 0.29) is 17.9 Å². The van der Waals surface area contributed by atoms with Crippen molar-refractivity contribution in [3.05, 3.63) is 112 Å². The predicted octanol–water partition coefficient (Wildman–Crippen LogP) is 7.64. The molecule has 8 heteroatoms. The van der Waals surface area contributed by atoms with Crippen molar-refractivity contribution in [1.82, 2.24) is 0 Å². The number of halogens is 4. The average molecular weight is 507 g/mol. The Labute approximate surface area is 210 Å². The molecule has 36 heavy (non-hydrogen) atoms. The van der Waals surface area contributed by atoms with Gasteiger partial charge in [0.15, 0.2) is 0 Å². The van der Waals surface area contributed by atoms with Gasteiger partial charge in [-0.05, 0) is 58.8 Å². The number of carbonyl (C=O) groups excluding carboxylic acids is 1. The largest absolute Gasteiger partial charge is 0.488 e. The van der Waals surface area contributed by atoms with Crippen molar-refractivity contribution in [1.29, 1.82) is 5.26 Å². The molecular weight excluding hydrogens is 489 g/mol. The molecule has 0 aliphatic rings. The van der Waals surface area contributed by atoms with E-state index in [2.05, 4.69) is 5.32 Å². The van der Waals surface area contributed by atoms with E-state index in [1.54, 1.807) is 18.2 Å². The van der Waals surface area contributed by atoms with Crippen LogP contribution in [0.5, 0.6) is 5.75 Å². The van der Waals surface area contributed by atoms with Gasteiger partial charge in [0.1, 0.15) is 24.0 Å². The van der Waals surface area contributed by atoms with E-state index >= 15 is 0 Å². The van der Waals surface area contributed by atoms with Crippen LogP contribution in [0.4, 0.5) is 18.9 Å². The molecule has 0 radical (unpaired) electrons. The van der Waals surface area contributed by atoms with Crippen LogP contribution in [-0.2, 0) is 17.6 Å². The van der Waals surface area contributed by atoms with Gasteiger partial charge in [0.05, 0.1) is 5.56 Å². The minimum Gasteiger partial charge on any atom is -0.488 e. The molecule has 0 saturated heterocycles. The van der Waals surface area contributed by atoms with Gasteiger partial charge in [-0.2, -0.15) is 18.4 Å². The fraction of sp³-hybridized carbons (Fsp3) is 0.0714. The minimum absolute atomic E-state index is 0.0884. The van der Waals surface area contributed by atoms with E-state index in [9.17, 15) is 23.2 Å². The number of hydrogen-bond acceptors (Lipinski definition) is 3. The maximum absolute atomic E-state index is 13.0. The van der Waals surface area contributed by atoms with E-state index in [1.807, 2.05) is 42.5 Å². The van der Waals surface area contributed by atoms with Gasteiger partial charge in [0, 0.05) is 16.3 Å². The quantitative estimate of drug-likeness (QED) is 0.216. The first-order valence-corrected chi connectivity index (χ1v) is 11.1. The molecule has 4 rings (SSSR count). The van der Waals surface area contributed by atoms with Crippen molar-refractivity contribution in [2.24, 2.45) is 0 Å². The number of rotatable bonds is 6. The molecule has 0 atom stereocenters. The first-order valence-electron chi connectivity index (χ1n) is 10.7. The molecule has 4 nitrogen and oxygen atoms in total. The molecule has 0 saturated carbocycles. The maximum Gasteiger partial charge on any atom is 0.416 e. The molecule has 4 aromatic carbocycles. The number of alkyl halides is 3. The van der Waals surface area contributed by atoms with Gasteiger partial charge >= 0.3 is 6.18 Å². The number of hydrogen-bond donors (Lipinski definition) is 1. The Bertz CT molecular complexity index is 1500. The van der Waals surface area contributed by atoms with Crippen LogP contribution >= 0.6 is 11.6 Å². The first-order chi connectivity index (χ1) is 17.2. The summed E-state index contributed by atoms with van der Waals surface area (Å²) in [5.74, 6) is -0.483. The number of fused-ring (bicyclic) bond motifs is 1. The van der Waals surface area contributed by atoms with E-state index in [0.29, 0.717) is 16.3 Å². The normalized spacial score (nSPS) is 11.7. The molecular formula is C28H18ClF3N2O2. The SMILES string of the molecule is N#C/C(=C\c1cc(Cl)ccc1OCc1cccc2ccccc12)C(=O)Nc1cccc(C(F)(F)F)c1. The van der Waals surface area contributed by atoms with Gasteiger partial charge in [-0.25, -0.2) is 0 Å². The fourth-order valence-electron chi connectivity index (χ4n) is 3.61. The highest BCUT2D eigenvalue weighted by Crippen LogP contribution is 2.31. The van der Waals surface area contributed by atoms with Crippen LogP contribution in [0.2, 0.25) is 5.02 Å². The van der Waals surface area contributed by atoms with Crippen LogP contribution in [0, 0.1) is 11.3 Å². The Morgan fingerprint density at radius 2 is 1.75 bits per heavy atom. The van der Waals surface area contributed by atoms with Crippen LogP contribution < -0.4 is 10.1 Å². The number of amides is 1. The van der Waals surface area contributed by atoms with E-state index in [0.717, 1.165) is 28.5 Å². The number of carbonyl (C=O) groups is 1. The Kier molecular flexibility index (Phi) is 7.28. The average Bonchev–Trinajstić information content (AvgIpc) is 2.86. The molecule has 4 aromatic rings. The fourth-order valence-corrected chi connectivity index (χ4v) is 3.79. The lowest BCUT2D eigenvalue weighted by molar-refractivity contribution is -0.137. The van der Waals surface area contributed by atoms with E-state index in [4.69, 9.17) is 16.3 Å². The smallest absolute Gasteiger partial charge is 0.416 e. The topological polar surface area (TPSA) is 62.1 Å². The standard InChI is InChI=1S/C28H18ClF3N2O2/c29-23-11-12-26(36-17-19-7-3-6-18-5-1-2-10-25(18)19)20(14-23)13-21(16-33)27(35)34-24-9-4-8-22(15-24)28(30,31)32/h1-15H,17H2,(H,34,35)/b21-13+. The summed E-state index contributed by atoms with van der Waals surface area (Å²) in [7, 11) is 0. The van der Waals surface area contributed by atoms with Crippen LogP contribution in [0.25, 0.3) is 16.8 Å². The first kappa shape index (κ1) is 24.8. The molecule has 0 aromatic heterocycles. The molecule has 1 amide bonds. The summed E-state index contributed by atoms with van der Waals surface area (Å²) < 4.78 is 44.9. The van der Waals surface area contributed by atoms with Crippen molar-refractivity contribution in [2.45, 2.75) is 12.8 Å². The van der Waals surface area contributed by atoms with Gasteiger partial charge in [-0.3, -0.25) is 4.79 Å². The van der Waals surface area contributed by atoms with Crippen molar-refractivity contribution < 1.29 is 22.7 Å². The lowest BCUT2D eigenvalue weighted by Gasteiger charge is -2.12. The third-order valence-electron chi connectivity index (χ3n) is 5.35. The van der Waals surface area contributed by atoms with Crippen molar-refractivity contribution in [3.63, 3.8) is 0 Å². The number of benzene rings is 4. The lowest BCUT2D eigenvalue weighted by Crippen LogP contribution is -2.14. The number of nitrogens with zero attached hydrogens (tertiary/aromatic N) is 1. The third-order valence-corrected chi connectivity index (χ3v) is 5.58. The monoisotopic (exact) mass is 506 g/mol. The summed E-state index contributed by atoms with van der Waals surface area (Å²) in [6, 6.07) is 24.5. The summed E-state index contributed by atoms with van der Waals surface area (Å²) in [4.78, 5) is 12.7. The Balaban J connectivity index is 1.58. The molecule has 0 spiro atoms. The number of nitrogens with one attached hydrogen (secondary N) is 1. The molecule has 0 unspecified atom stereocenters. The number of nitriles is 1. The summed E-state index contributed by atoms with van der Waals surface area (Å²) in [6.45, 7) is 0.224. The van der Waals surface area contributed by atoms with Crippen LogP contribution in [-0.4, -0.2) is 5.91 Å². The van der Waals surface area contributed by atoms with Crippen LogP contribution in [0.15, 0.2) is 90.5 Å². The zero-order valence-electron chi connectivity index (χ0n) is 18.6. The van der Waals surface area contributed by atoms with Gasteiger partial charge in [0.25, 0.3) is 5.91 Å². The number of ether oxygens (including phenoxy) is 1. The van der Waals surface area contributed by atoms with Gasteiger partial charge in [-0.1, -0.05) is 60.1 Å². The molecule has 0 bridgehead atoms. The summed E-state index contributed by atoms with van der Waals surface area (Å²) in [5, 5.41) is 14.4. The molecule has 0 aliphatic heterocycles. The second kappa shape index (κ2) is 10.5. The highest BCUT2D eigenvalue weighted by Gasteiger charge is 2.30. The highest BCUT2D eigenvalue weighted by molar-refractivity contribution is 6.30. The number of anilines is 1. The third kappa shape index (κ3) is 5.85. The van der Waals surface area contributed by atoms with Gasteiger partial charge in [-0.15, -0.1) is 0 Å². The predicted molar refractivity (Wildman–Crippen MR) is 133 cm³/mol. The summed E-state index contributed by atoms with van der Waals surface area (Å²) >= 11 is 6.13. The van der Waals surface area contributed by atoms with Crippen molar-refractivity contribution >= 4 is 40.0 Å². The van der Waals surface area contributed by atoms with Crippen LogP contribution in [0.1, 0.15) is 16.7 Å². The molecule has 0 aliphatic carbocycles. The second-order valence-corrected chi connectivity index (χ2v) is 8.25.